The van der Waals surface area contributed by atoms with Gasteiger partial charge < -0.3 is 10.0 Å². The number of aliphatic hydroxyl groups is 1. The number of aromatic nitrogens is 4. The maximum absolute atomic E-state index is 12.9. The first-order chi connectivity index (χ1) is 10.7. The smallest absolute Gasteiger partial charge is 0.272 e. The topological polar surface area (TPSA) is 83.6 Å². The Morgan fingerprint density at radius 3 is 3.00 bits per heavy atom. The average Bonchev–Trinajstić information content (AvgIpc) is 3.14. The summed E-state index contributed by atoms with van der Waals surface area (Å²) in [4.78, 5) is 14.7. The van der Waals surface area contributed by atoms with Gasteiger partial charge in [-0.25, -0.2) is 0 Å². The van der Waals surface area contributed by atoms with Crippen molar-refractivity contribution in [1.29, 1.82) is 0 Å². The largest absolute Gasteiger partial charge is 0.392 e. The lowest BCUT2D eigenvalue weighted by Gasteiger charge is -2.42. The van der Waals surface area contributed by atoms with Crippen molar-refractivity contribution in [3.63, 3.8) is 0 Å². The lowest BCUT2D eigenvalue weighted by Crippen LogP contribution is -2.49. The number of tetrazole rings is 1. The summed E-state index contributed by atoms with van der Waals surface area (Å²) in [6.45, 7) is 1.36. The molecular weight excluding hydrogens is 282 g/mol. The summed E-state index contributed by atoms with van der Waals surface area (Å²) in [6.07, 6.45) is 4.57. The Labute approximate surface area is 127 Å². The van der Waals surface area contributed by atoms with Crippen LogP contribution in [0, 0.1) is 5.41 Å². The second-order valence-corrected chi connectivity index (χ2v) is 6.46. The van der Waals surface area contributed by atoms with Crippen molar-refractivity contribution in [1.82, 2.24) is 24.9 Å². The highest BCUT2D eigenvalue weighted by Gasteiger charge is 2.45. The van der Waals surface area contributed by atoms with Crippen LogP contribution < -0.4 is 0 Å². The molecule has 116 valence electrons. The molecule has 1 saturated carbocycles. The maximum Gasteiger partial charge on any atom is 0.272 e. The molecule has 0 aromatic carbocycles. The summed E-state index contributed by atoms with van der Waals surface area (Å²) < 4.78 is 1.48. The summed E-state index contributed by atoms with van der Waals surface area (Å²) in [5, 5.41) is 21.7. The van der Waals surface area contributed by atoms with Crippen LogP contribution in [0.25, 0.3) is 5.65 Å². The first kappa shape index (κ1) is 13.6. The lowest BCUT2D eigenvalue weighted by molar-refractivity contribution is -0.00564. The van der Waals surface area contributed by atoms with Crippen molar-refractivity contribution in [2.45, 2.75) is 38.2 Å². The van der Waals surface area contributed by atoms with Gasteiger partial charge in [0.05, 0.1) is 6.10 Å². The van der Waals surface area contributed by atoms with Crippen LogP contribution in [0.1, 0.15) is 42.6 Å². The molecule has 0 bridgehead atoms. The summed E-state index contributed by atoms with van der Waals surface area (Å²) in [6, 6.07) is 5.32. The fourth-order valence-electron chi connectivity index (χ4n) is 4.02. The molecule has 1 aliphatic carbocycles. The van der Waals surface area contributed by atoms with Gasteiger partial charge in [-0.2, -0.15) is 4.52 Å². The molecule has 1 aliphatic heterocycles. The third kappa shape index (κ3) is 1.99. The number of fused-ring (bicyclic) bond motifs is 1. The summed E-state index contributed by atoms with van der Waals surface area (Å²) >= 11 is 0. The molecule has 1 N–H and O–H groups in total. The van der Waals surface area contributed by atoms with Crippen molar-refractivity contribution in [2.75, 3.05) is 13.1 Å². The van der Waals surface area contributed by atoms with Crippen molar-refractivity contribution in [2.24, 2.45) is 5.41 Å². The number of amides is 1. The Bertz CT molecular complexity index is 715. The molecule has 2 atom stereocenters. The Morgan fingerprint density at radius 1 is 1.32 bits per heavy atom. The number of piperidine rings is 1. The van der Waals surface area contributed by atoms with E-state index in [1.807, 2.05) is 4.90 Å². The highest BCUT2D eigenvalue weighted by molar-refractivity contribution is 5.93. The van der Waals surface area contributed by atoms with E-state index in [1.165, 1.54) is 4.52 Å². The number of carbonyl (C=O) groups excluding carboxylic acids is 1. The highest BCUT2D eigenvalue weighted by Crippen LogP contribution is 2.45. The summed E-state index contributed by atoms with van der Waals surface area (Å²) in [7, 11) is 0. The number of pyridine rings is 1. The average molecular weight is 301 g/mol. The van der Waals surface area contributed by atoms with Crippen molar-refractivity contribution in [3.05, 3.63) is 23.9 Å². The van der Waals surface area contributed by atoms with Crippen LogP contribution in [0.4, 0.5) is 0 Å². The molecule has 22 heavy (non-hydrogen) atoms. The monoisotopic (exact) mass is 301 g/mol. The Kier molecular flexibility index (Phi) is 3.11. The number of hydrogen-bond donors (Lipinski definition) is 1. The van der Waals surface area contributed by atoms with E-state index in [0.29, 0.717) is 17.9 Å². The van der Waals surface area contributed by atoms with Gasteiger partial charge in [0, 0.05) is 18.5 Å². The number of hydrogen-bond acceptors (Lipinski definition) is 5. The lowest BCUT2D eigenvalue weighted by atomic mass is 9.76. The van der Waals surface area contributed by atoms with E-state index in [1.54, 1.807) is 18.2 Å². The van der Waals surface area contributed by atoms with Gasteiger partial charge in [-0.05, 0) is 48.2 Å². The minimum Gasteiger partial charge on any atom is -0.392 e. The number of carbonyl (C=O) groups is 1. The van der Waals surface area contributed by atoms with Crippen molar-refractivity contribution >= 4 is 11.6 Å². The zero-order chi connectivity index (χ0) is 15.2. The number of nitrogens with zero attached hydrogens (tertiary/aromatic N) is 5. The molecule has 2 fully saturated rings. The zero-order valence-electron chi connectivity index (χ0n) is 12.4. The third-order valence-corrected chi connectivity index (χ3v) is 5.20. The molecule has 1 amide bonds. The quantitative estimate of drug-likeness (QED) is 0.846. The Balaban J connectivity index is 1.64. The number of likely N-dealkylation sites (tertiary alicyclic amines) is 1. The molecule has 4 rings (SSSR count). The fourth-order valence-corrected chi connectivity index (χ4v) is 4.02. The minimum atomic E-state index is -0.285. The summed E-state index contributed by atoms with van der Waals surface area (Å²) in [5.41, 5.74) is 0.938. The van der Waals surface area contributed by atoms with Crippen LogP contribution in [-0.4, -0.2) is 55.1 Å². The van der Waals surface area contributed by atoms with Gasteiger partial charge >= 0.3 is 0 Å². The van der Waals surface area contributed by atoms with Gasteiger partial charge in [0.25, 0.3) is 5.91 Å². The minimum absolute atomic E-state index is 0.0592. The van der Waals surface area contributed by atoms with E-state index in [2.05, 4.69) is 15.5 Å². The zero-order valence-corrected chi connectivity index (χ0v) is 12.4. The maximum atomic E-state index is 12.9. The van der Waals surface area contributed by atoms with E-state index in [0.717, 1.165) is 38.6 Å². The molecule has 7 heteroatoms. The first-order valence-electron chi connectivity index (χ1n) is 7.84. The van der Waals surface area contributed by atoms with Gasteiger partial charge in [0.15, 0.2) is 5.65 Å². The van der Waals surface area contributed by atoms with Crippen LogP contribution in [0.5, 0.6) is 0 Å². The molecule has 1 spiro atoms. The van der Waals surface area contributed by atoms with Crippen LogP contribution in [0.3, 0.4) is 0 Å². The van der Waals surface area contributed by atoms with E-state index in [-0.39, 0.29) is 17.4 Å². The highest BCUT2D eigenvalue weighted by atomic mass is 16.3. The van der Waals surface area contributed by atoms with Crippen LogP contribution in [0.15, 0.2) is 18.2 Å². The molecule has 3 heterocycles. The van der Waals surface area contributed by atoms with E-state index in [4.69, 9.17) is 0 Å². The van der Waals surface area contributed by atoms with Gasteiger partial charge in [-0.15, -0.1) is 5.10 Å². The van der Waals surface area contributed by atoms with Crippen molar-refractivity contribution < 1.29 is 9.90 Å². The standard InChI is InChI=1S/C15H19N5O2/c21-12-5-2-7-15(12)8-3-9-19(10-15)14(22)11-4-1-6-13-16-17-18-20(11)13/h1,4,6,12,21H,2-3,5,7-10H2/t12-,15-/m1/s1. The van der Waals surface area contributed by atoms with Gasteiger partial charge in [0.1, 0.15) is 5.69 Å². The second kappa shape index (κ2) is 5.01. The SMILES string of the molecule is O=C(c1cccc2nnnn12)N1CCC[C@]2(CCC[C@H]2O)C1. The Hall–Kier alpha value is -2.02. The van der Waals surface area contributed by atoms with Crippen LogP contribution >= 0.6 is 0 Å². The molecule has 2 aliphatic rings. The summed E-state index contributed by atoms with van der Waals surface area (Å²) in [5.74, 6) is -0.0592. The molecule has 1 saturated heterocycles. The van der Waals surface area contributed by atoms with E-state index < -0.39 is 0 Å². The Morgan fingerprint density at radius 2 is 2.18 bits per heavy atom. The molecule has 2 aromatic heterocycles. The van der Waals surface area contributed by atoms with Gasteiger partial charge in [-0.3, -0.25) is 4.79 Å². The second-order valence-electron chi connectivity index (χ2n) is 6.46. The third-order valence-electron chi connectivity index (χ3n) is 5.20. The predicted octanol–water partition coefficient (Wildman–Crippen LogP) is 0.891. The fraction of sp³-hybridized carbons (Fsp3) is 0.600. The van der Waals surface area contributed by atoms with E-state index in [9.17, 15) is 9.90 Å². The predicted molar refractivity (Wildman–Crippen MR) is 78.2 cm³/mol. The van der Waals surface area contributed by atoms with Gasteiger partial charge in [-0.1, -0.05) is 12.5 Å². The number of rotatable bonds is 1. The van der Waals surface area contributed by atoms with E-state index >= 15 is 0 Å². The first-order valence-corrected chi connectivity index (χ1v) is 7.84. The normalized spacial score (nSPS) is 28.6. The molecule has 2 aromatic rings. The molecule has 0 unspecified atom stereocenters. The van der Waals surface area contributed by atoms with Crippen LogP contribution in [0.2, 0.25) is 0 Å². The van der Waals surface area contributed by atoms with Crippen LogP contribution in [-0.2, 0) is 0 Å². The van der Waals surface area contributed by atoms with Gasteiger partial charge in [0.2, 0.25) is 0 Å². The molecule has 7 nitrogen and oxygen atoms in total. The van der Waals surface area contributed by atoms with Crippen molar-refractivity contribution in [3.8, 4) is 0 Å². The number of aliphatic hydroxyl groups excluding tert-OH is 1. The molecular formula is C15H19N5O2. The molecule has 0 radical (unpaired) electrons.